The van der Waals surface area contributed by atoms with Gasteiger partial charge < -0.3 is 0 Å². The van der Waals surface area contributed by atoms with Gasteiger partial charge >= 0.3 is 0 Å². The molecule has 0 unspecified atom stereocenters. The van der Waals surface area contributed by atoms with Gasteiger partial charge in [0.25, 0.3) is 0 Å². The van der Waals surface area contributed by atoms with Crippen LogP contribution in [0.15, 0.2) is 53.1 Å². The molecule has 1 aromatic carbocycles. The van der Waals surface area contributed by atoms with E-state index >= 15 is 0 Å². The largest absolute Gasteiger partial charge is 0.300 e. The Balaban J connectivity index is 1.58. The number of aromatic nitrogens is 3. The van der Waals surface area contributed by atoms with Gasteiger partial charge in [-0.05, 0) is 42.7 Å². The summed E-state index contributed by atoms with van der Waals surface area (Å²) < 4.78 is 1.01. The normalized spacial score (nSPS) is 15.7. The van der Waals surface area contributed by atoms with Crippen LogP contribution in [0.4, 0.5) is 5.13 Å². The van der Waals surface area contributed by atoms with Crippen LogP contribution in [0.2, 0.25) is 0 Å². The molecule has 2 heterocycles. The topological polar surface area (TPSA) is 67.8 Å². The van der Waals surface area contributed by atoms with Crippen LogP contribution in [0, 0.1) is 0 Å². The van der Waals surface area contributed by atoms with E-state index in [0.29, 0.717) is 10.1 Å². The fourth-order valence-electron chi connectivity index (χ4n) is 3.48. The van der Waals surface area contributed by atoms with Gasteiger partial charge in [-0.25, -0.2) is 0 Å². The third kappa shape index (κ3) is 3.29. The minimum atomic E-state index is -0.489. The number of rotatable bonds is 4. The van der Waals surface area contributed by atoms with Gasteiger partial charge in [0.05, 0.1) is 5.41 Å². The maximum Gasteiger partial charge on any atom is 0.236 e. The highest BCUT2D eigenvalue weighted by atomic mass is 79.9. The number of carbonyl (C=O) groups is 1. The van der Waals surface area contributed by atoms with Crippen LogP contribution in [0.5, 0.6) is 0 Å². The van der Waals surface area contributed by atoms with Gasteiger partial charge in [-0.15, -0.1) is 10.2 Å². The molecule has 26 heavy (non-hydrogen) atoms. The zero-order valence-corrected chi connectivity index (χ0v) is 16.4. The summed E-state index contributed by atoms with van der Waals surface area (Å²) in [6.45, 7) is 0. The number of carbonyl (C=O) groups excluding carboxylic acids is 1. The van der Waals surface area contributed by atoms with Crippen molar-refractivity contribution < 1.29 is 4.79 Å². The lowest BCUT2D eigenvalue weighted by Gasteiger charge is -2.27. The molecule has 5 nitrogen and oxygen atoms in total. The summed E-state index contributed by atoms with van der Waals surface area (Å²) in [7, 11) is 0. The van der Waals surface area contributed by atoms with Crippen molar-refractivity contribution in [2.75, 3.05) is 5.32 Å². The molecular weight excluding hydrogens is 412 g/mol. The van der Waals surface area contributed by atoms with E-state index in [1.54, 1.807) is 6.20 Å². The van der Waals surface area contributed by atoms with Gasteiger partial charge in [-0.2, -0.15) is 0 Å². The zero-order valence-electron chi connectivity index (χ0n) is 14.0. The molecule has 4 rings (SSSR count). The van der Waals surface area contributed by atoms with Gasteiger partial charge in [0.15, 0.2) is 5.01 Å². The fraction of sp³-hybridized carbons (Fsp3) is 0.263. The Hall–Kier alpha value is -2.12. The molecular formula is C19H17BrN4OS. The van der Waals surface area contributed by atoms with Crippen LogP contribution in [-0.4, -0.2) is 21.1 Å². The molecule has 3 aromatic rings. The van der Waals surface area contributed by atoms with Gasteiger partial charge in [-0.3, -0.25) is 15.1 Å². The molecule has 2 aromatic heterocycles. The maximum absolute atomic E-state index is 13.2. The van der Waals surface area contributed by atoms with Gasteiger partial charge in [-0.1, -0.05) is 58.3 Å². The van der Waals surface area contributed by atoms with E-state index < -0.39 is 5.41 Å². The Labute approximate surface area is 164 Å². The Bertz CT molecular complexity index is 905. The molecule has 1 amide bonds. The minimum absolute atomic E-state index is 0.000966. The monoisotopic (exact) mass is 428 g/mol. The van der Waals surface area contributed by atoms with Crippen LogP contribution in [0.25, 0.3) is 10.7 Å². The van der Waals surface area contributed by atoms with Crippen LogP contribution in [0.1, 0.15) is 31.2 Å². The molecule has 1 aliphatic rings. The minimum Gasteiger partial charge on any atom is -0.300 e. The predicted octanol–water partition coefficient (Wildman–Crippen LogP) is 4.81. The van der Waals surface area contributed by atoms with Crippen molar-refractivity contribution in [3.05, 3.63) is 58.7 Å². The van der Waals surface area contributed by atoms with Gasteiger partial charge in [0.1, 0.15) is 5.69 Å². The van der Waals surface area contributed by atoms with Crippen LogP contribution >= 0.6 is 27.3 Å². The number of halogens is 1. The van der Waals surface area contributed by atoms with Crippen molar-refractivity contribution in [1.82, 2.24) is 15.2 Å². The Kier molecular flexibility index (Phi) is 4.82. The highest BCUT2D eigenvalue weighted by Crippen LogP contribution is 2.42. The van der Waals surface area contributed by atoms with Gasteiger partial charge in [0.2, 0.25) is 11.0 Å². The third-order valence-corrected chi connectivity index (χ3v) is 6.21. The molecule has 0 aliphatic heterocycles. The van der Waals surface area contributed by atoms with Crippen molar-refractivity contribution in [2.45, 2.75) is 31.1 Å². The molecule has 1 saturated carbocycles. The van der Waals surface area contributed by atoms with Crippen molar-refractivity contribution in [3.63, 3.8) is 0 Å². The highest BCUT2D eigenvalue weighted by molar-refractivity contribution is 9.10. The molecule has 1 N–H and O–H groups in total. The quantitative estimate of drug-likeness (QED) is 0.646. The lowest BCUT2D eigenvalue weighted by molar-refractivity contribution is -0.121. The molecule has 1 fully saturated rings. The van der Waals surface area contributed by atoms with E-state index in [0.717, 1.165) is 41.4 Å². The summed E-state index contributed by atoms with van der Waals surface area (Å²) >= 11 is 4.81. The number of benzene rings is 1. The second-order valence-corrected chi connectivity index (χ2v) is 8.27. The summed E-state index contributed by atoms with van der Waals surface area (Å²) in [4.78, 5) is 17.4. The zero-order chi connectivity index (χ0) is 18.0. The number of nitrogens with one attached hydrogen (secondary N) is 1. The van der Waals surface area contributed by atoms with E-state index in [4.69, 9.17) is 0 Å². The SMILES string of the molecule is O=C(Nc1nnc(-c2ccccn2)s1)C1(c2ccc(Br)cc2)CCCC1. The molecule has 132 valence electrons. The van der Waals surface area contributed by atoms with E-state index in [2.05, 4.69) is 36.4 Å². The fourth-order valence-corrected chi connectivity index (χ4v) is 4.46. The number of hydrogen-bond acceptors (Lipinski definition) is 5. The average molecular weight is 429 g/mol. The van der Waals surface area contributed by atoms with E-state index in [9.17, 15) is 4.79 Å². The van der Waals surface area contributed by atoms with Crippen molar-refractivity contribution in [2.24, 2.45) is 0 Å². The van der Waals surface area contributed by atoms with Crippen molar-refractivity contribution >= 4 is 38.3 Å². The maximum atomic E-state index is 13.2. The molecule has 0 bridgehead atoms. The molecule has 0 atom stereocenters. The Morgan fingerprint density at radius 2 is 1.85 bits per heavy atom. The second-order valence-electron chi connectivity index (χ2n) is 6.38. The average Bonchev–Trinajstić information content (AvgIpc) is 3.33. The lowest BCUT2D eigenvalue weighted by Crippen LogP contribution is -2.37. The van der Waals surface area contributed by atoms with E-state index in [1.165, 1.54) is 11.3 Å². The third-order valence-electron chi connectivity index (χ3n) is 4.82. The summed E-state index contributed by atoms with van der Waals surface area (Å²) in [6, 6.07) is 13.7. The molecule has 0 spiro atoms. The van der Waals surface area contributed by atoms with E-state index in [1.807, 2.05) is 42.5 Å². The summed E-state index contributed by atoms with van der Waals surface area (Å²) in [5.41, 5.74) is 1.33. The summed E-state index contributed by atoms with van der Waals surface area (Å²) in [5.74, 6) is 0.000966. The number of amides is 1. The summed E-state index contributed by atoms with van der Waals surface area (Å²) in [5, 5.41) is 12.5. The molecule has 0 radical (unpaired) electrons. The molecule has 1 aliphatic carbocycles. The number of nitrogens with zero attached hydrogens (tertiary/aromatic N) is 3. The van der Waals surface area contributed by atoms with E-state index in [-0.39, 0.29) is 5.91 Å². The van der Waals surface area contributed by atoms with Crippen molar-refractivity contribution in [3.8, 4) is 10.7 Å². The molecule has 7 heteroatoms. The summed E-state index contributed by atoms with van der Waals surface area (Å²) in [6.07, 6.45) is 5.53. The number of pyridine rings is 1. The standard InChI is InChI=1S/C19H17BrN4OS/c20-14-8-6-13(7-9-14)19(10-2-3-11-19)17(25)22-18-24-23-16(26-18)15-5-1-4-12-21-15/h1,4-9,12H,2-3,10-11H2,(H,22,24,25). The number of anilines is 1. The Morgan fingerprint density at radius 1 is 1.08 bits per heavy atom. The van der Waals surface area contributed by atoms with Crippen LogP contribution < -0.4 is 5.32 Å². The van der Waals surface area contributed by atoms with Crippen LogP contribution in [0.3, 0.4) is 0 Å². The smallest absolute Gasteiger partial charge is 0.236 e. The Morgan fingerprint density at radius 3 is 2.54 bits per heavy atom. The van der Waals surface area contributed by atoms with Crippen LogP contribution in [-0.2, 0) is 10.2 Å². The van der Waals surface area contributed by atoms with Gasteiger partial charge in [0, 0.05) is 10.7 Å². The highest BCUT2D eigenvalue weighted by Gasteiger charge is 2.43. The first kappa shape index (κ1) is 17.3. The lowest BCUT2D eigenvalue weighted by atomic mass is 9.78. The first-order valence-corrected chi connectivity index (χ1v) is 10.1. The second kappa shape index (κ2) is 7.25. The number of hydrogen-bond donors (Lipinski definition) is 1. The molecule has 0 saturated heterocycles. The van der Waals surface area contributed by atoms with Crippen molar-refractivity contribution in [1.29, 1.82) is 0 Å². The first-order chi connectivity index (χ1) is 12.7. The predicted molar refractivity (Wildman–Crippen MR) is 106 cm³/mol. The first-order valence-electron chi connectivity index (χ1n) is 8.50.